The summed E-state index contributed by atoms with van der Waals surface area (Å²) < 4.78 is 12.5. The summed E-state index contributed by atoms with van der Waals surface area (Å²) in [5.41, 5.74) is 2.56. The van der Waals surface area contributed by atoms with Gasteiger partial charge in [-0.2, -0.15) is 0 Å². The molecular weight excluding hydrogens is 402 g/mol. The van der Waals surface area contributed by atoms with E-state index in [-0.39, 0.29) is 0 Å². The number of rotatable bonds is 1. The third kappa shape index (κ3) is 2.82. The third-order valence-electron chi connectivity index (χ3n) is 4.22. The van der Waals surface area contributed by atoms with Crippen molar-refractivity contribution in [1.82, 2.24) is 0 Å². The molecule has 0 radical (unpaired) electrons. The highest BCUT2D eigenvalue weighted by molar-refractivity contribution is 6.36. The van der Waals surface area contributed by atoms with Gasteiger partial charge in [0.1, 0.15) is 0 Å². The van der Waals surface area contributed by atoms with E-state index in [2.05, 4.69) is 0 Å². The van der Waals surface area contributed by atoms with Crippen LogP contribution in [0.5, 0.6) is 11.5 Å². The fraction of sp³-hybridized carbons (Fsp3) is 0.158. The molecule has 0 saturated carbocycles. The average Bonchev–Trinajstić information content (AvgIpc) is 2.56. The molecule has 2 aliphatic rings. The summed E-state index contributed by atoms with van der Waals surface area (Å²) in [5, 5.41) is 1.96. The van der Waals surface area contributed by atoms with Crippen LogP contribution in [0.15, 0.2) is 35.9 Å². The number of halogens is 4. The lowest BCUT2D eigenvalue weighted by molar-refractivity contribution is -0.0431. The minimum atomic E-state index is -1.09. The molecule has 0 N–H and O–H groups in total. The van der Waals surface area contributed by atoms with E-state index in [1.54, 1.807) is 18.2 Å². The van der Waals surface area contributed by atoms with Crippen molar-refractivity contribution in [2.45, 2.75) is 19.1 Å². The predicted molar refractivity (Wildman–Crippen MR) is 104 cm³/mol. The fourth-order valence-corrected chi connectivity index (χ4v) is 4.17. The van der Waals surface area contributed by atoms with Crippen LogP contribution in [0.4, 0.5) is 0 Å². The van der Waals surface area contributed by atoms with Crippen LogP contribution in [0.2, 0.25) is 20.1 Å². The maximum atomic E-state index is 6.33. The van der Waals surface area contributed by atoms with Crippen LogP contribution in [-0.2, 0) is 0 Å². The van der Waals surface area contributed by atoms with E-state index in [9.17, 15) is 0 Å². The van der Waals surface area contributed by atoms with Crippen LogP contribution < -0.4 is 9.47 Å². The first kappa shape index (κ1) is 17.1. The molecule has 4 rings (SSSR count). The summed E-state index contributed by atoms with van der Waals surface area (Å²) in [6.45, 7) is 2.03. The molecule has 2 heterocycles. The van der Waals surface area contributed by atoms with Crippen molar-refractivity contribution in [3.8, 4) is 11.5 Å². The molecule has 0 saturated heterocycles. The molecular formula is C19H12Cl4O2. The fourth-order valence-electron chi connectivity index (χ4n) is 3.07. The van der Waals surface area contributed by atoms with Crippen LogP contribution >= 0.6 is 46.4 Å². The molecule has 0 aromatic heterocycles. The Balaban J connectivity index is 1.86. The van der Waals surface area contributed by atoms with Gasteiger partial charge in [-0.15, -0.1) is 0 Å². The number of ether oxygens (including phenoxy) is 2. The molecule has 2 aromatic carbocycles. The van der Waals surface area contributed by atoms with Crippen LogP contribution in [0.3, 0.4) is 0 Å². The van der Waals surface area contributed by atoms with E-state index in [1.165, 1.54) is 0 Å². The SMILES string of the molecule is CCC1=Cc2cc(Cl)cc(Cl)c2OC12C=Cc1cc(Cl)cc(Cl)c1O2. The smallest absolute Gasteiger partial charge is 0.294 e. The Morgan fingerprint density at radius 2 is 1.40 bits per heavy atom. The summed E-state index contributed by atoms with van der Waals surface area (Å²) in [5.74, 6) is -0.0353. The molecule has 0 amide bonds. The zero-order valence-corrected chi connectivity index (χ0v) is 16.1. The van der Waals surface area contributed by atoms with Crippen molar-refractivity contribution in [3.63, 3.8) is 0 Å². The number of hydrogen-bond acceptors (Lipinski definition) is 2. The molecule has 2 aliphatic heterocycles. The van der Waals surface area contributed by atoms with Crippen LogP contribution in [0, 0.1) is 0 Å². The topological polar surface area (TPSA) is 18.5 Å². The Kier molecular flexibility index (Phi) is 4.20. The van der Waals surface area contributed by atoms with E-state index in [0.717, 1.165) is 16.7 Å². The summed E-state index contributed by atoms with van der Waals surface area (Å²) in [6.07, 6.45) is 6.46. The lowest BCUT2D eigenvalue weighted by atomic mass is 9.93. The van der Waals surface area contributed by atoms with Crippen LogP contribution in [-0.4, -0.2) is 5.79 Å². The highest BCUT2D eigenvalue weighted by atomic mass is 35.5. The molecule has 0 fully saturated rings. The van der Waals surface area contributed by atoms with Crippen molar-refractivity contribution in [2.75, 3.05) is 0 Å². The van der Waals surface area contributed by atoms with E-state index < -0.39 is 5.79 Å². The van der Waals surface area contributed by atoms with Gasteiger partial charge >= 0.3 is 0 Å². The molecule has 0 bridgehead atoms. The summed E-state index contributed by atoms with van der Waals surface area (Å²) in [7, 11) is 0. The second-order valence-corrected chi connectivity index (χ2v) is 7.53. The number of fused-ring (bicyclic) bond motifs is 2. The minimum absolute atomic E-state index is 0.429. The number of benzene rings is 2. The van der Waals surface area contributed by atoms with Gasteiger partial charge in [-0.05, 0) is 42.8 Å². The second kappa shape index (κ2) is 6.14. The van der Waals surface area contributed by atoms with Crippen molar-refractivity contribution >= 4 is 58.6 Å². The summed E-state index contributed by atoms with van der Waals surface area (Å²) in [6, 6.07) is 6.91. The van der Waals surface area contributed by atoms with Gasteiger partial charge in [-0.3, -0.25) is 0 Å². The van der Waals surface area contributed by atoms with Gasteiger partial charge in [0.05, 0.1) is 10.0 Å². The van der Waals surface area contributed by atoms with Crippen LogP contribution in [0.25, 0.3) is 12.2 Å². The van der Waals surface area contributed by atoms with Gasteiger partial charge in [0, 0.05) is 32.8 Å². The monoisotopic (exact) mass is 412 g/mol. The van der Waals surface area contributed by atoms with Gasteiger partial charge < -0.3 is 9.47 Å². The van der Waals surface area contributed by atoms with Gasteiger partial charge in [-0.25, -0.2) is 0 Å². The van der Waals surface area contributed by atoms with Crippen LogP contribution in [0.1, 0.15) is 24.5 Å². The number of hydrogen-bond donors (Lipinski definition) is 0. The highest BCUT2D eigenvalue weighted by Crippen LogP contribution is 2.48. The molecule has 128 valence electrons. The van der Waals surface area contributed by atoms with E-state index in [4.69, 9.17) is 55.9 Å². The Morgan fingerprint density at radius 1 is 0.840 bits per heavy atom. The molecule has 25 heavy (non-hydrogen) atoms. The average molecular weight is 414 g/mol. The molecule has 1 unspecified atom stereocenters. The summed E-state index contributed by atoms with van der Waals surface area (Å²) >= 11 is 24.8. The largest absolute Gasteiger partial charge is 0.443 e. The lowest BCUT2D eigenvalue weighted by Crippen LogP contribution is -2.45. The minimum Gasteiger partial charge on any atom is -0.443 e. The highest BCUT2D eigenvalue weighted by Gasteiger charge is 2.42. The lowest BCUT2D eigenvalue weighted by Gasteiger charge is -2.40. The molecule has 6 heteroatoms. The third-order valence-corrected chi connectivity index (χ3v) is 5.22. The quantitative estimate of drug-likeness (QED) is 0.488. The van der Waals surface area contributed by atoms with E-state index in [0.29, 0.717) is 38.0 Å². The van der Waals surface area contributed by atoms with Gasteiger partial charge in [0.25, 0.3) is 5.79 Å². The van der Waals surface area contributed by atoms with Gasteiger partial charge in [-0.1, -0.05) is 53.3 Å². The molecule has 2 aromatic rings. The Morgan fingerprint density at radius 3 is 2.00 bits per heavy atom. The van der Waals surface area contributed by atoms with Crippen molar-refractivity contribution in [2.24, 2.45) is 0 Å². The maximum absolute atomic E-state index is 6.33. The van der Waals surface area contributed by atoms with Crippen molar-refractivity contribution in [3.05, 3.63) is 67.1 Å². The van der Waals surface area contributed by atoms with Gasteiger partial charge in [0.15, 0.2) is 11.5 Å². The zero-order chi connectivity index (χ0) is 17.8. The normalized spacial score (nSPS) is 20.4. The Bertz CT molecular complexity index is 945. The molecule has 2 nitrogen and oxygen atoms in total. The standard InChI is InChI=1S/C19H12Cl4O2/c1-2-12-5-11-7-14(21)9-16(23)18(11)25-19(12)4-3-10-6-13(20)8-15(22)17(10)24-19/h3-9H,2H2,1H3. The van der Waals surface area contributed by atoms with E-state index in [1.807, 2.05) is 31.2 Å². The maximum Gasteiger partial charge on any atom is 0.294 e. The molecule has 0 aliphatic carbocycles. The van der Waals surface area contributed by atoms with Crippen molar-refractivity contribution in [1.29, 1.82) is 0 Å². The first-order valence-corrected chi connectivity index (χ1v) is 9.19. The zero-order valence-electron chi connectivity index (χ0n) is 13.1. The predicted octanol–water partition coefficient (Wildman–Crippen LogP) is 7.29. The van der Waals surface area contributed by atoms with Gasteiger partial charge in [0.2, 0.25) is 0 Å². The molecule has 1 spiro atoms. The Hall–Kier alpha value is -1.32. The second-order valence-electron chi connectivity index (χ2n) is 5.84. The first-order chi connectivity index (χ1) is 11.9. The summed E-state index contributed by atoms with van der Waals surface area (Å²) in [4.78, 5) is 0. The first-order valence-electron chi connectivity index (χ1n) is 7.68. The van der Waals surface area contributed by atoms with E-state index >= 15 is 0 Å². The Labute approximate surface area is 165 Å². The molecule has 1 atom stereocenters. The van der Waals surface area contributed by atoms with Crippen molar-refractivity contribution < 1.29 is 9.47 Å².